The zero-order chi connectivity index (χ0) is 71.2. The van der Waals surface area contributed by atoms with E-state index in [-0.39, 0.29) is 95.3 Å². The normalized spacial score (nSPS) is 15.3. The van der Waals surface area contributed by atoms with Crippen LogP contribution in [0.25, 0.3) is 0 Å². The van der Waals surface area contributed by atoms with Gasteiger partial charge in [0.05, 0.1) is 49.7 Å². The highest BCUT2D eigenvalue weighted by Gasteiger charge is 2.38. The minimum absolute atomic E-state index is 0.00669. The number of nitrogens with zero attached hydrogens (tertiary/aromatic N) is 2. The molecule has 1 rings (SSSR count). The maximum Gasteiger partial charge on any atom is 0.305 e. The first-order chi connectivity index (χ1) is 44.4. The molecule has 0 aliphatic carbocycles. The van der Waals surface area contributed by atoms with E-state index in [9.17, 15) is 82.8 Å². The summed E-state index contributed by atoms with van der Waals surface area (Å²) in [4.78, 5) is 184. The molecule has 0 aliphatic heterocycles. The number of aliphatic hydroxyl groups is 2. The quantitative estimate of drug-likeness (QED) is 0.0226. The van der Waals surface area contributed by atoms with Gasteiger partial charge >= 0.3 is 11.9 Å². The molecule has 0 aliphatic rings. The molecule has 0 spiro atoms. The van der Waals surface area contributed by atoms with Crippen molar-refractivity contribution in [1.82, 2.24) is 26.6 Å². The highest BCUT2D eigenvalue weighted by atomic mass is 16.4. The van der Waals surface area contributed by atoms with Gasteiger partial charge in [-0.15, -0.1) is 0 Å². The van der Waals surface area contributed by atoms with E-state index in [2.05, 4.69) is 36.6 Å². The SMILES string of the molecule is CC[C@@H](CO)C(=O)N[C@@H](CCC(=O)O)C(=O)C[C@H](CCCCN)C(=O)N[C@@H](CCCN=C(N)N)C(=O)C[C@@H](CCCN=C(N)N)C(=O)N[C@@H](CO)C(=O)C[C@@H](C)C(=O)N[C@@H](CC(=O)O)C(=O)C[C@H](C(=O)N[C@@H](Cc1ccccc1)C(=O)C[C@H](C(N)=O)[C@@H](C)CC)[C@@H](C)CC. The van der Waals surface area contributed by atoms with Gasteiger partial charge in [0.1, 0.15) is 6.04 Å². The van der Waals surface area contributed by atoms with Crippen molar-refractivity contribution in [3.05, 3.63) is 35.9 Å². The molecule has 0 radical (unpaired) electrons. The molecule has 21 N–H and O–H groups in total. The number of carbonyl (C=O) groups is 13. The fourth-order valence-electron chi connectivity index (χ4n) is 10.5. The number of benzene rings is 1. The summed E-state index contributed by atoms with van der Waals surface area (Å²) in [5.74, 6) is -19.1. The van der Waals surface area contributed by atoms with Gasteiger partial charge in [-0.3, -0.25) is 72.3 Å². The Morgan fingerprint density at radius 3 is 1.37 bits per heavy atom. The van der Waals surface area contributed by atoms with Crippen LogP contribution in [0.3, 0.4) is 0 Å². The third kappa shape index (κ3) is 32.1. The van der Waals surface area contributed by atoms with Gasteiger partial charge in [0.25, 0.3) is 0 Å². The van der Waals surface area contributed by atoms with Crippen LogP contribution in [0, 0.1) is 47.3 Å². The maximum absolute atomic E-state index is 14.5. The van der Waals surface area contributed by atoms with Crippen LogP contribution in [0.2, 0.25) is 0 Å². The lowest BCUT2D eigenvalue weighted by Gasteiger charge is -2.28. The Morgan fingerprint density at radius 1 is 0.447 bits per heavy atom. The molecule has 0 fully saturated rings. The lowest BCUT2D eigenvalue weighted by atomic mass is 9.83. The van der Waals surface area contributed by atoms with Gasteiger partial charge in [0.15, 0.2) is 40.8 Å². The number of nitrogens with one attached hydrogen (secondary N) is 5. The van der Waals surface area contributed by atoms with Crippen LogP contribution in [0.4, 0.5) is 0 Å². The Balaban J connectivity index is 3.56. The third-order valence-corrected chi connectivity index (χ3v) is 16.9. The van der Waals surface area contributed by atoms with E-state index in [1.165, 1.54) is 6.92 Å². The minimum atomic E-state index is -1.72. The summed E-state index contributed by atoms with van der Waals surface area (Å²) in [5, 5.41) is 52.4. The number of unbranched alkanes of at least 4 members (excludes halogenated alkanes) is 1. The summed E-state index contributed by atoms with van der Waals surface area (Å²) in [7, 11) is 0. The van der Waals surface area contributed by atoms with E-state index in [1.807, 2.05) is 6.92 Å². The summed E-state index contributed by atoms with van der Waals surface area (Å²) in [5.41, 5.74) is 34.3. The number of carboxylic acid groups (broad SMARTS) is 2. The van der Waals surface area contributed by atoms with Crippen molar-refractivity contribution in [3.63, 3.8) is 0 Å². The largest absolute Gasteiger partial charge is 0.481 e. The van der Waals surface area contributed by atoms with Crippen LogP contribution in [0.15, 0.2) is 40.3 Å². The van der Waals surface area contributed by atoms with Gasteiger partial charge in [-0.2, -0.15) is 0 Å². The fourth-order valence-corrected chi connectivity index (χ4v) is 10.5. The summed E-state index contributed by atoms with van der Waals surface area (Å²) >= 11 is 0. The number of ketones is 5. The highest BCUT2D eigenvalue weighted by molar-refractivity contribution is 5.99. The number of primary amides is 1. The number of carbonyl (C=O) groups excluding carboxylic acids is 11. The Morgan fingerprint density at radius 2 is 0.894 bits per heavy atom. The number of nitrogens with two attached hydrogens (primary N) is 6. The lowest BCUT2D eigenvalue weighted by Crippen LogP contribution is -2.50. The summed E-state index contributed by atoms with van der Waals surface area (Å²) in [6, 6.07) is 1.48. The van der Waals surface area contributed by atoms with E-state index >= 15 is 0 Å². The zero-order valence-corrected chi connectivity index (χ0v) is 55.3. The smallest absolute Gasteiger partial charge is 0.305 e. The predicted octanol–water partition coefficient (Wildman–Crippen LogP) is -0.286. The van der Waals surface area contributed by atoms with E-state index in [0.717, 1.165) is 0 Å². The molecule has 528 valence electrons. The average molecular weight is 1330 g/mol. The number of aliphatic hydroxyl groups excluding tert-OH is 2. The number of aliphatic imine (C=N–C) groups is 2. The molecule has 30 heteroatoms. The minimum Gasteiger partial charge on any atom is -0.481 e. The average Bonchev–Trinajstić information content (AvgIpc) is 0.954. The fraction of sp³-hybridized carbons (Fsp3) is 0.672. The van der Waals surface area contributed by atoms with E-state index < -0.39 is 200 Å². The van der Waals surface area contributed by atoms with Gasteiger partial charge in [-0.25, -0.2) is 0 Å². The van der Waals surface area contributed by atoms with Crippen molar-refractivity contribution in [2.75, 3.05) is 32.8 Å². The summed E-state index contributed by atoms with van der Waals surface area (Å²) in [6.07, 6.45) is -2.48. The highest BCUT2D eigenvalue weighted by Crippen LogP contribution is 2.26. The summed E-state index contributed by atoms with van der Waals surface area (Å²) in [6.45, 7) is 8.63. The molecule has 0 aromatic heterocycles. The molecule has 1 aromatic rings. The van der Waals surface area contributed by atoms with Crippen molar-refractivity contribution in [2.24, 2.45) is 91.7 Å². The molecule has 13 atom stereocenters. The Kier molecular flexibility index (Phi) is 40.2. The molecule has 6 amide bonds. The second-order valence-corrected chi connectivity index (χ2v) is 24.2. The molecule has 94 heavy (non-hydrogen) atoms. The molecule has 0 unspecified atom stereocenters. The molecule has 30 nitrogen and oxygen atoms in total. The van der Waals surface area contributed by atoms with E-state index in [0.29, 0.717) is 31.2 Å². The summed E-state index contributed by atoms with van der Waals surface area (Å²) < 4.78 is 0. The Labute approximate surface area is 549 Å². The molecular weight excluding hydrogens is 1220 g/mol. The van der Waals surface area contributed by atoms with Crippen LogP contribution < -0.4 is 61.0 Å². The third-order valence-electron chi connectivity index (χ3n) is 16.9. The first-order valence-electron chi connectivity index (χ1n) is 32.3. The molecule has 0 bridgehead atoms. The van der Waals surface area contributed by atoms with Crippen LogP contribution in [0.1, 0.15) is 163 Å². The number of hydrogen-bond donors (Lipinski definition) is 15. The first kappa shape index (κ1) is 83.8. The second-order valence-electron chi connectivity index (χ2n) is 24.2. The van der Waals surface area contributed by atoms with Crippen LogP contribution in [-0.4, -0.2) is 172 Å². The van der Waals surface area contributed by atoms with Gasteiger partial charge in [0, 0.05) is 81.2 Å². The number of rotatable bonds is 52. The molecular formula is C64H105N13O17. The van der Waals surface area contributed by atoms with E-state index in [4.69, 9.17) is 34.4 Å². The predicted molar refractivity (Wildman–Crippen MR) is 349 cm³/mol. The number of hydrogen-bond acceptors (Lipinski definition) is 18. The van der Waals surface area contributed by atoms with Gasteiger partial charge in [-0.1, -0.05) is 91.1 Å². The molecule has 0 saturated heterocycles. The van der Waals surface area contributed by atoms with Crippen LogP contribution in [0.5, 0.6) is 0 Å². The monoisotopic (exact) mass is 1330 g/mol. The van der Waals surface area contributed by atoms with Crippen molar-refractivity contribution in [2.45, 2.75) is 194 Å². The number of aliphatic carboxylic acids is 2. The molecule has 1 aromatic carbocycles. The van der Waals surface area contributed by atoms with Gasteiger partial charge < -0.3 is 81.4 Å². The van der Waals surface area contributed by atoms with Crippen molar-refractivity contribution in [3.8, 4) is 0 Å². The van der Waals surface area contributed by atoms with Crippen molar-refractivity contribution >= 4 is 88.2 Å². The number of carboxylic acids is 2. The zero-order valence-electron chi connectivity index (χ0n) is 55.3. The van der Waals surface area contributed by atoms with Crippen LogP contribution >= 0.6 is 0 Å². The maximum atomic E-state index is 14.5. The van der Waals surface area contributed by atoms with Crippen LogP contribution in [-0.2, 0) is 68.7 Å². The van der Waals surface area contributed by atoms with Gasteiger partial charge in [-0.05, 0) is 81.7 Å². The number of guanidine groups is 2. The van der Waals surface area contributed by atoms with Crippen molar-refractivity contribution in [1.29, 1.82) is 0 Å². The Hall–Kier alpha value is -8.25. The van der Waals surface area contributed by atoms with Gasteiger partial charge in [0.2, 0.25) is 35.4 Å². The standard InChI is InChI=1S/C64H105N13O17/c1-7-36(4)43(57(66)89)31-53(83)47(28-39-17-11-10-12-18-39)76-62(94)44(37(5)8-2)32-54(84)48(33-56(87)88)75-58(90)38(6)27-50(80)49(35-79)77-61(93)42(20-15-25-71-63(67)68)30-51(81)45(21-16-26-72-64(69)70)73-60(92)41(19-13-14-24-65)29-52(82)46(22-23-55(85)86)74-59(91)40(9-3)34-78/h10-12,17-18,36-38,40-49,78-79H,7-9,13-16,19-35,65H2,1-6H3,(H2,66,89)(H,73,92)(H,74,91)(H,75,90)(H,76,94)(H,77,93)(H,85,86)(H,87,88)(H4,67,68,71)(H4,69,70,72)/t36-,37-,38+,40-,41-,42+,43-,44-,45-,46-,47-,48-,49-/m0/s1. The topological polar surface area (TPSA) is 544 Å². The lowest BCUT2D eigenvalue weighted by molar-refractivity contribution is -0.141. The first-order valence-corrected chi connectivity index (χ1v) is 32.3. The van der Waals surface area contributed by atoms with Crippen molar-refractivity contribution < 1.29 is 82.8 Å². The molecule has 0 saturated carbocycles. The second kappa shape index (κ2) is 45.1. The number of Topliss-reactive ketones (excluding diaryl/α,β-unsaturated/α-hetero) is 5. The molecule has 0 heterocycles. The van der Waals surface area contributed by atoms with E-state index in [1.54, 1.807) is 58.0 Å². The number of amides is 6. The Bertz CT molecular complexity index is 2720.